The highest BCUT2D eigenvalue weighted by atomic mass is 35.5. The number of imidazole rings is 1. The van der Waals surface area contributed by atoms with Crippen LogP contribution in [0.2, 0.25) is 5.02 Å². The molecule has 0 aliphatic carbocycles. The third-order valence-corrected chi connectivity index (χ3v) is 4.45. The molecule has 1 amide bonds. The highest BCUT2D eigenvalue weighted by Crippen LogP contribution is 2.24. The molecule has 130 valence electrons. The number of amides is 1. The van der Waals surface area contributed by atoms with Crippen molar-refractivity contribution in [1.82, 2.24) is 14.9 Å². The van der Waals surface area contributed by atoms with E-state index >= 15 is 0 Å². The van der Waals surface area contributed by atoms with Crippen LogP contribution in [-0.2, 0) is 6.54 Å². The van der Waals surface area contributed by atoms with Crippen LogP contribution < -0.4 is 0 Å². The number of aromatic nitrogens is 2. The van der Waals surface area contributed by atoms with Gasteiger partial charge in [0.05, 0.1) is 23.9 Å². The summed E-state index contributed by atoms with van der Waals surface area (Å²) in [7, 11) is 1.75. The zero-order valence-electron chi connectivity index (χ0n) is 14.1. The number of hydrogen-bond acceptors (Lipinski definition) is 3. The maximum Gasteiger partial charge on any atom is 0.254 e. The number of halogens is 1. The van der Waals surface area contributed by atoms with Gasteiger partial charge in [-0.25, -0.2) is 4.98 Å². The number of nitrogens with zero attached hydrogens (tertiary/aromatic N) is 2. The van der Waals surface area contributed by atoms with Crippen molar-refractivity contribution in [3.05, 3.63) is 77.3 Å². The lowest BCUT2D eigenvalue weighted by molar-refractivity contribution is 0.0776. The number of benzene rings is 2. The molecular weight excluding hydrogens is 350 g/mol. The number of rotatable bonds is 4. The van der Waals surface area contributed by atoms with Crippen LogP contribution in [0, 0.1) is 0 Å². The van der Waals surface area contributed by atoms with Gasteiger partial charge in [-0.2, -0.15) is 0 Å². The molecule has 2 aromatic carbocycles. The van der Waals surface area contributed by atoms with Crippen LogP contribution in [0.3, 0.4) is 0 Å². The summed E-state index contributed by atoms with van der Waals surface area (Å²) in [6.45, 7) is 0.382. The number of carbonyl (C=O) groups excluding carboxylic acids is 1. The molecule has 6 heteroatoms. The van der Waals surface area contributed by atoms with Gasteiger partial charge in [0.1, 0.15) is 11.5 Å². The first kappa shape index (κ1) is 16.4. The standard InChI is InChI=1S/C20H16ClN3O2/c1-24(20(25)14-4-8-17-18(10-14)23-12-22-17)11-16-7-9-19(26-16)13-2-5-15(21)6-3-13/h2-10,12H,11H2,1H3,(H,22,23). The fourth-order valence-corrected chi connectivity index (χ4v) is 2.95. The Balaban J connectivity index is 1.49. The lowest BCUT2D eigenvalue weighted by Gasteiger charge is -2.15. The minimum Gasteiger partial charge on any atom is -0.459 e. The summed E-state index contributed by atoms with van der Waals surface area (Å²) in [6, 6.07) is 16.6. The summed E-state index contributed by atoms with van der Waals surface area (Å²) in [5.74, 6) is 1.38. The van der Waals surface area contributed by atoms with Crippen LogP contribution in [0.4, 0.5) is 0 Å². The second-order valence-corrected chi connectivity index (χ2v) is 6.50. The fraction of sp³-hybridized carbons (Fsp3) is 0.100. The van der Waals surface area contributed by atoms with Gasteiger partial charge in [0.25, 0.3) is 5.91 Å². The lowest BCUT2D eigenvalue weighted by Crippen LogP contribution is -2.25. The van der Waals surface area contributed by atoms with Gasteiger partial charge in [-0.05, 0) is 54.6 Å². The second-order valence-electron chi connectivity index (χ2n) is 6.07. The third kappa shape index (κ3) is 3.21. The van der Waals surface area contributed by atoms with E-state index in [9.17, 15) is 4.79 Å². The average molecular weight is 366 g/mol. The van der Waals surface area contributed by atoms with E-state index in [2.05, 4.69) is 9.97 Å². The fourth-order valence-electron chi connectivity index (χ4n) is 2.83. The van der Waals surface area contributed by atoms with Crippen LogP contribution in [0.25, 0.3) is 22.4 Å². The summed E-state index contributed by atoms with van der Waals surface area (Å²) in [4.78, 5) is 21.5. The Bertz CT molecular complexity index is 1070. The largest absolute Gasteiger partial charge is 0.459 e. The molecule has 0 spiro atoms. The van der Waals surface area contributed by atoms with Gasteiger partial charge < -0.3 is 14.3 Å². The van der Waals surface area contributed by atoms with Crippen molar-refractivity contribution >= 4 is 28.5 Å². The van der Waals surface area contributed by atoms with E-state index in [1.165, 1.54) is 0 Å². The molecule has 0 atom stereocenters. The van der Waals surface area contributed by atoms with Gasteiger partial charge in [-0.3, -0.25) is 4.79 Å². The first-order chi connectivity index (χ1) is 12.6. The van der Waals surface area contributed by atoms with Crippen molar-refractivity contribution in [3.8, 4) is 11.3 Å². The monoisotopic (exact) mass is 365 g/mol. The SMILES string of the molecule is CN(Cc1ccc(-c2ccc(Cl)cc2)o1)C(=O)c1ccc2nc[nH]c2c1. The van der Waals surface area contributed by atoms with E-state index in [0.29, 0.717) is 22.9 Å². The minimum absolute atomic E-state index is 0.0778. The summed E-state index contributed by atoms with van der Waals surface area (Å²) in [5, 5.41) is 0.681. The normalized spacial score (nSPS) is 11.0. The van der Waals surface area contributed by atoms with Gasteiger partial charge in [0.15, 0.2) is 0 Å². The van der Waals surface area contributed by atoms with Gasteiger partial charge >= 0.3 is 0 Å². The Hall–Kier alpha value is -3.05. The predicted octanol–water partition coefficient (Wildman–Crippen LogP) is 4.75. The number of nitrogens with one attached hydrogen (secondary N) is 1. The van der Waals surface area contributed by atoms with Crippen molar-refractivity contribution in [2.75, 3.05) is 7.05 Å². The number of aromatic amines is 1. The molecule has 0 saturated carbocycles. The molecule has 26 heavy (non-hydrogen) atoms. The third-order valence-electron chi connectivity index (χ3n) is 4.20. The summed E-state index contributed by atoms with van der Waals surface area (Å²) < 4.78 is 5.87. The number of fused-ring (bicyclic) bond motifs is 1. The topological polar surface area (TPSA) is 62.1 Å². The summed E-state index contributed by atoms with van der Waals surface area (Å²) >= 11 is 5.91. The first-order valence-corrected chi connectivity index (χ1v) is 8.51. The molecule has 0 unspecified atom stereocenters. The van der Waals surface area contributed by atoms with Gasteiger partial charge in [0, 0.05) is 23.2 Å². The average Bonchev–Trinajstić information content (AvgIpc) is 3.30. The molecule has 2 heterocycles. The maximum absolute atomic E-state index is 12.7. The van der Waals surface area contributed by atoms with Gasteiger partial charge in [0.2, 0.25) is 0 Å². The van der Waals surface area contributed by atoms with E-state index in [-0.39, 0.29) is 5.91 Å². The van der Waals surface area contributed by atoms with Crippen LogP contribution in [0.15, 0.2) is 65.3 Å². The molecule has 0 fully saturated rings. The van der Waals surface area contributed by atoms with Crippen LogP contribution in [0.5, 0.6) is 0 Å². The van der Waals surface area contributed by atoms with Crippen molar-refractivity contribution < 1.29 is 9.21 Å². The van der Waals surface area contributed by atoms with E-state index in [4.69, 9.17) is 16.0 Å². The molecule has 0 saturated heterocycles. The Morgan fingerprint density at radius 1 is 1.15 bits per heavy atom. The molecule has 0 aliphatic heterocycles. The molecule has 0 bridgehead atoms. The first-order valence-electron chi connectivity index (χ1n) is 8.13. The number of carbonyl (C=O) groups is 1. The van der Waals surface area contributed by atoms with Crippen molar-refractivity contribution in [3.63, 3.8) is 0 Å². The Kier molecular flexibility index (Phi) is 4.22. The molecule has 4 aromatic rings. The number of furan rings is 1. The number of H-pyrrole nitrogens is 1. The molecule has 1 N–H and O–H groups in total. The van der Waals surface area contributed by atoms with E-state index in [1.807, 2.05) is 48.5 Å². The van der Waals surface area contributed by atoms with Gasteiger partial charge in [-0.1, -0.05) is 11.6 Å². The Morgan fingerprint density at radius 3 is 2.77 bits per heavy atom. The van der Waals surface area contributed by atoms with E-state index in [0.717, 1.165) is 22.4 Å². The molecule has 0 radical (unpaired) electrons. The van der Waals surface area contributed by atoms with Crippen molar-refractivity contribution in [1.29, 1.82) is 0 Å². The van der Waals surface area contributed by atoms with Gasteiger partial charge in [-0.15, -0.1) is 0 Å². The minimum atomic E-state index is -0.0778. The van der Waals surface area contributed by atoms with Crippen LogP contribution >= 0.6 is 11.6 Å². The molecule has 4 rings (SSSR count). The van der Waals surface area contributed by atoms with Crippen molar-refractivity contribution in [2.24, 2.45) is 0 Å². The Morgan fingerprint density at radius 2 is 1.96 bits per heavy atom. The highest BCUT2D eigenvalue weighted by molar-refractivity contribution is 6.30. The molecule has 2 aromatic heterocycles. The van der Waals surface area contributed by atoms with Crippen LogP contribution in [0.1, 0.15) is 16.1 Å². The molecular formula is C20H16ClN3O2. The highest BCUT2D eigenvalue weighted by Gasteiger charge is 2.15. The molecule has 5 nitrogen and oxygen atoms in total. The predicted molar refractivity (Wildman–Crippen MR) is 101 cm³/mol. The van der Waals surface area contributed by atoms with Crippen LogP contribution in [-0.4, -0.2) is 27.8 Å². The summed E-state index contributed by atoms with van der Waals surface area (Å²) in [6.07, 6.45) is 1.61. The zero-order chi connectivity index (χ0) is 18.1. The Labute approximate surface area is 155 Å². The lowest BCUT2D eigenvalue weighted by atomic mass is 10.1. The zero-order valence-corrected chi connectivity index (χ0v) is 14.8. The number of hydrogen-bond donors (Lipinski definition) is 1. The second kappa shape index (κ2) is 6.69. The van der Waals surface area contributed by atoms with E-state index in [1.54, 1.807) is 24.3 Å². The quantitative estimate of drug-likeness (QED) is 0.567. The summed E-state index contributed by atoms with van der Waals surface area (Å²) in [5.41, 5.74) is 3.23. The molecule has 0 aliphatic rings. The smallest absolute Gasteiger partial charge is 0.254 e. The van der Waals surface area contributed by atoms with E-state index < -0.39 is 0 Å². The van der Waals surface area contributed by atoms with Crippen molar-refractivity contribution in [2.45, 2.75) is 6.54 Å². The maximum atomic E-state index is 12.7.